The molecule has 0 saturated heterocycles. The van der Waals surface area contributed by atoms with Crippen LogP contribution in [0.25, 0.3) is 0 Å². The zero-order valence-electron chi connectivity index (χ0n) is 8.52. The number of hydrogen-bond donors (Lipinski definition) is 0. The van der Waals surface area contributed by atoms with Crippen LogP contribution in [0.15, 0.2) is 34.7 Å². The van der Waals surface area contributed by atoms with Gasteiger partial charge in [0.05, 0.1) is 6.20 Å². The maximum Gasteiger partial charge on any atom is 0.451 e. The van der Waals surface area contributed by atoms with Crippen LogP contribution in [0.4, 0.5) is 13.2 Å². The summed E-state index contributed by atoms with van der Waals surface area (Å²) in [6.07, 6.45) is -0.343. The molecular formula is C9H4ClF3N4S. The van der Waals surface area contributed by atoms with E-state index < -0.39 is 12.0 Å². The van der Waals surface area contributed by atoms with E-state index >= 15 is 0 Å². The third kappa shape index (κ3) is 3.30. The summed E-state index contributed by atoms with van der Waals surface area (Å²) in [5, 5.41) is 0.201. The highest BCUT2D eigenvalue weighted by molar-refractivity contribution is 7.99. The lowest BCUT2D eigenvalue weighted by Crippen LogP contribution is -2.11. The van der Waals surface area contributed by atoms with Crippen LogP contribution in [0, 0.1) is 0 Å². The molecule has 4 nitrogen and oxygen atoms in total. The Bertz CT molecular complexity index is 549. The van der Waals surface area contributed by atoms with Crippen LogP contribution in [0.5, 0.6) is 0 Å². The van der Waals surface area contributed by atoms with Crippen LogP contribution in [0.3, 0.4) is 0 Å². The molecule has 18 heavy (non-hydrogen) atoms. The summed E-state index contributed by atoms with van der Waals surface area (Å²) >= 11 is 6.44. The Morgan fingerprint density at radius 2 is 1.89 bits per heavy atom. The van der Waals surface area contributed by atoms with Gasteiger partial charge in [-0.3, -0.25) is 4.98 Å². The Labute approximate surface area is 109 Å². The summed E-state index contributed by atoms with van der Waals surface area (Å²) in [5.41, 5.74) is 0. The number of aromatic nitrogens is 4. The Kier molecular flexibility index (Phi) is 3.67. The molecule has 0 fully saturated rings. The number of alkyl halides is 3. The van der Waals surface area contributed by atoms with Gasteiger partial charge in [0.2, 0.25) is 5.82 Å². The molecule has 2 rings (SSSR count). The molecule has 9 heteroatoms. The SMILES string of the molecule is FC(F)(F)c1nc(Cl)cc(Sc2cnccn2)n1. The fraction of sp³-hybridized carbons (Fsp3) is 0.111. The highest BCUT2D eigenvalue weighted by Gasteiger charge is 2.35. The normalized spacial score (nSPS) is 11.6. The minimum Gasteiger partial charge on any atom is -0.260 e. The third-order valence-corrected chi connectivity index (χ3v) is 2.71. The van der Waals surface area contributed by atoms with Crippen LogP contribution in [0.1, 0.15) is 5.82 Å². The molecule has 0 spiro atoms. The first-order valence-electron chi connectivity index (χ1n) is 4.51. The summed E-state index contributed by atoms with van der Waals surface area (Å²) in [6, 6.07) is 1.23. The van der Waals surface area contributed by atoms with Crippen molar-refractivity contribution in [3.05, 3.63) is 35.6 Å². The van der Waals surface area contributed by atoms with Gasteiger partial charge in [0.1, 0.15) is 15.2 Å². The Morgan fingerprint density at radius 3 is 2.50 bits per heavy atom. The Morgan fingerprint density at radius 1 is 1.11 bits per heavy atom. The lowest BCUT2D eigenvalue weighted by atomic mass is 10.5. The molecule has 0 saturated carbocycles. The van der Waals surface area contributed by atoms with Crippen LogP contribution in [-0.2, 0) is 6.18 Å². The first-order valence-corrected chi connectivity index (χ1v) is 5.70. The molecule has 0 unspecified atom stereocenters. The lowest BCUT2D eigenvalue weighted by molar-refractivity contribution is -0.145. The van der Waals surface area contributed by atoms with Crippen molar-refractivity contribution in [3.8, 4) is 0 Å². The van der Waals surface area contributed by atoms with Gasteiger partial charge in [-0.15, -0.1) is 0 Å². The van der Waals surface area contributed by atoms with Crippen molar-refractivity contribution < 1.29 is 13.2 Å². The second-order valence-electron chi connectivity index (χ2n) is 3.00. The highest BCUT2D eigenvalue weighted by Crippen LogP contribution is 2.31. The molecule has 0 aliphatic rings. The number of halogens is 4. The fourth-order valence-electron chi connectivity index (χ4n) is 1.02. The number of nitrogens with zero attached hydrogens (tertiary/aromatic N) is 4. The quantitative estimate of drug-likeness (QED) is 0.796. The molecule has 0 aliphatic heterocycles. The highest BCUT2D eigenvalue weighted by atomic mass is 35.5. The van der Waals surface area contributed by atoms with E-state index in [2.05, 4.69) is 19.9 Å². The van der Waals surface area contributed by atoms with Gasteiger partial charge in [-0.1, -0.05) is 11.6 Å². The predicted molar refractivity (Wildman–Crippen MR) is 58.2 cm³/mol. The van der Waals surface area contributed by atoms with E-state index in [0.29, 0.717) is 5.03 Å². The Balaban J connectivity index is 2.32. The van der Waals surface area contributed by atoms with E-state index in [0.717, 1.165) is 11.8 Å². The topological polar surface area (TPSA) is 51.6 Å². The van der Waals surface area contributed by atoms with Gasteiger partial charge >= 0.3 is 6.18 Å². The van der Waals surface area contributed by atoms with Crippen molar-refractivity contribution in [2.75, 3.05) is 0 Å². The molecule has 2 aromatic heterocycles. The average Bonchev–Trinajstić information content (AvgIpc) is 2.28. The van der Waals surface area contributed by atoms with Crippen molar-refractivity contribution in [2.45, 2.75) is 16.2 Å². The second kappa shape index (κ2) is 5.07. The van der Waals surface area contributed by atoms with Crippen molar-refractivity contribution >= 4 is 23.4 Å². The average molecular weight is 293 g/mol. The molecule has 0 bridgehead atoms. The molecule has 0 N–H and O–H groups in total. The maximum absolute atomic E-state index is 12.5. The van der Waals surface area contributed by atoms with E-state index in [4.69, 9.17) is 11.6 Å². The molecule has 0 atom stereocenters. The van der Waals surface area contributed by atoms with Gasteiger partial charge in [-0.25, -0.2) is 15.0 Å². The van der Waals surface area contributed by atoms with Crippen molar-refractivity contribution in [1.82, 2.24) is 19.9 Å². The van der Waals surface area contributed by atoms with Crippen LogP contribution in [0.2, 0.25) is 5.15 Å². The van der Waals surface area contributed by atoms with Crippen LogP contribution in [-0.4, -0.2) is 19.9 Å². The van der Waals surface area contributed by atoms with E-state index in [-0.39, 0.29) is 10.2 Å². The van der Waals surface area contributed by atoms with Gasteiger partial charge in [0.25, 0.3) is 0 Å². The van der Waals surface area contributed by atoms with Crippen molar-refractivity contribution in [3.63, 3.8) is 0 Å². The third-order valence-electron chi connectivity index (χ3n) is 1.67. The summed E-state index contributed by atoms with van der Waals surface area (Å²) in [5.74, 6) is -1.28. The largest absolute Gasteiger partial charge is 0.451 e. The first kappa shape index (κ1) is 13.0. The smallest absolute Gasteiger partial charge is 0.260 e. The van der Waals surface area contributed by atoms with Gasteiger partial charge in [0, 0.05) is 18.5 Å². The second-order valence-corrected chi connectivity index (χ2v) is 4.42. The van der Waals surface area contributed by atoms with Crippen molar-refractivity contribution in [2.24, 2.45) is 0 Å². The summed E-state index contributed by atoms with van der Waals surface area (Å²) in [6.45, 7) is 0. The minimum atomic E-state index is -4.64. The van der Waals surface area contributed by atoms with Gasteiger partial charge in [-0.05, 0) is 11.8 Å². The molecule has 0 aliphatic carbocycles. The van der Waals surface area contributed by atoms with E-state index in [9.17, 15) is 13.2 Å². The molecule has 0 aromatic carbocycles. The molecular weight excluding hydrogens is 289 g/mol. The van der Waals surface area contributed by atoms with Crippen LogP contribution < -0.4 is 0 Å². The van der Waals surface area contributed by atoms with E-state index in [1.54, 1.807) is 0 Å². The lowest BCUT2D eigenvalue weighted by Gasteiger charge is -2.06. The number of hydrogen-bond acceptors (Lipinski definition) is 5. The fourth-order valence-corrected chi connectivity index (χ4v) is 2.01. The number of rotatable bonds is 2. The molecule has 0 radical (unpaired) electrons. The summed E-state index contributed by atoms with van der Waals surface area (Å²) in [7, 11) is 0. The monoisotopic (exact) mass is 292 g/mol. The maximum atomic E-state index is 12.5. The minimum absolute atomic E-state index is 0.0582. The summed E-state index contributed by atoms with van der Waals surface area (Å²) < 4.78 is 37.4. The van der Waals surface area contributed by atoms with Gasteiger partial charge < -0.3 is 0 Å². The van der Waals surface area contributed by atoms with Crippen molar-refractivity contribution in [1.29, 1.82) is 0 Å². The van der Waals surface area contributed by atoms with Gasteiger partial charge in [-0.2, -0.15) is 13.2 Å². The van der Waals surface area contributed by atoms with E-state index in [1.807, 2.05) is 0 Å². The first-order chi connectivity index (χ1) is 8.45. The summed E-state index contributed by atoms with van der Waals surface area (Å²) in [4.78, 5) is 14.2. The Hall–Kier alpha value is -1.41. The predicted octanol–water partition coefficient (Wildman–Crippen LogP) is 3.09. The van der Waals surface area contributed by atoms with Gasteiger partial charge in [0.15, 0.2) is 0 Å². The van der Waals surface area contributed by atoms with E-state index in [1.165, 1.54) is 24.7 Å². The molecule has 0 amide bonds. The molecule has 2 aromatic rings. The molecule has 2 heterocycles. The zero-order chi connectivity index (χ0) is 13.2. The zero-order valence-corrected chi connectivity index (χ0v) is 10.1. The molecule has 94 valence electrons. The van der Waals surface area contributed by atoms with Crippen LogP contribution >= 0.6 is 23.4 Å². The standard InChI is InChI=1S/C9H4ClF3N4S/c10-5-3-6(17-8(16-5)9(11,12)13)18-7-4-14-1-2-15-7/h1-4H.